The molecule has 4 nitrogen and oxygen atoms in total. The second-order valence-corrected chi connectivity index (χ2v) is 15.9. The fraction of sp³-hybridized carbons (Fsp3) is 1.00. The molecule has 0 bridgehead atoms. The molecule has 4 aliphatic heterocycles. The third kappa shape index (κ3) is 6.13. The van der Waals surface area contributed by atoms with Gasteiger partial charge in [-0.3, -0.25) is 9.80 Å². The highest BCUT2D eigenvalue weighted by molar-refractivity contribution is 5.06. The van der Waals surface area contributed by atoms with Gasteiger partial charge in [0.2, 0.25) is 0 Å². The standard InChI is InChI=1S/C31H59N3O/c1-24(25-20-31(35-22-25)14-18-33(19-15-31)28(5,6)7)10-11-29(8,9)34-23-30(12-16-32-17-13-30)21-26(34)27(2,3)4/h24-26,32H,10-23H2,1-9H3/t24?,25-,26?/m1/s1. The molecular formula is C31H59N3O. The lowest BCUT2D eigenvalue weighted by Gasteiger charge is -2.46. The number of nitrogens with zero attached hydrogens (tertiary/aromatic N) is 2. The molecule has 2 unspecified atom stereocenters. The molecule has 0 aromatic carbocycles. The highest BCUT2D eigenvalue weighted by atomic mass is 16.5. The molecular weight excluding hydrogens is 430 g/mol. The monoisotopic (exact) mass is 489 g/mol. The highest BCUT2D eigenvalue weighted by Crippen LogP contribution is 2.50. The number of piperidine rings is 2. The quantitative estimate of drug-likeness (QED) is 0.487. The van der Waals surface area contributed by atoms with E-state index in [1.54, 1.807) is 0 Å². The van der Waals surface area contributed by atoms with Crippen LogP contribution in [0, 0.1) is 22.7 Å². The number of hydrogen-bond acceptors (Lipinski definition) is 4. The Labute approximate surface area is 218 Å². The van der Waals surface area contributed by atoms with Crippen LogP contribution in [0.5, 0.6) is 0 Å². The summed E-state index contributed by atoms with van der Waals surface area (Å²) in [6.07, 6.45) is 10.5. The number of ether oxygens (including phenoxy) is 1. The van der Waals surface area contributed by atoms with Gasteiger partial charge in [0, 0.05) is 36.8 Å². The van der Waals surface area contributed by atoms with E-state index < -0.39 is 0 Å². The summed E-state index contributed by atoms with van der Waals surface area (Å²) in [4.78, 5) is 5.61. The summed E-state index contributed by atoms with van der Waals surface area (Å²) in [6.45, 7) is 29.2. The van der Waals surface area contributed by atoms with Gasteiger partial charge in [-0.15, -0.1) is 0 Å². The molecule has 3 atom stereocenters. The summed E-state index contributed by atoms with van der Waals surface area (Å²) >= 11 is 0. The Morgan fingerprint density at radius 1 is 0.914 bits per heavy atom. The fourth-order valence-corrected chi connectivity index (χ4v) is 7.92. The molecule has 0 aromatic heterocycles. The van der Waals surface area contributed by atoms with Gasteiger partial charge in [-0.25, -0.2) is 0 Å². The molecule has 4 heteroatoms. The molecule has 0 radical (unpaired) electrons. The Morgan fingerprint density at radius 2 is 1.54 bits per heavy atom. The maximum absolute atomic E-state index is 6.60. The molecule has 0 saturated carbocycles. The van der Waals surface area contributed by atoms with E-state index in [9.17, 15) is 0 Å². The summed E-state index contributed by atoms with van der Waals surface area (Å²) in [7, 11) is 0. The van der Waals surface area contributed by atoms with E-state index >= 15 is 0 Å². The normalized spacial score (nSPS) is 31.5. The molecule has 4 saturated heterocycles. The minimum atomic E-state index is 0.171. The SMILES string of the molecule is CC(CCC(C)(C)N1CC2(CCNCC2)CC1C(C)(C)C)[C@H]1COC2(CCN(C(C)(C)C)CC2)C1. The van der Waals surface area contributed by atoms with Gasteiger partial charge in [-0.05, 0) is 122 Å². The van der Waals surface area contributed by atoms with Gasteiger partial charge < -0.3 is 10.1 Å². The van der Waals surface area contributed by atoms with Crippen molar-refractivity contribution in [3.8, 4) is 0 Å². The van der Waals surface area contributed by atoms with Crippen LogP contribution in [0.3, 0.4) is 0 Å². The van der Waals surface area contributed by atoms with Crippen molar-refractivity contribution in [2.75, 3.05) is 39.3 Å². The molecule has 4 heterocycles. The van der Waals surface area contributed by atoms with Crippen LogP contribution in [-0.4, -0.2) is 71.9 Å². The summed E-state index contributed by atoms with van der Waals surface area (Å²) in [5, 5.41) is 3.62. The number of likely N-dealkylation sites (tertiary alicyclic amines) is 2. The second kappa shape index (κ2) is 9.86. The van der Waals surface area contributed by atoms with Crippen LogP contribution in [0.1, 0.15) is 114 Å². The van der Waals surface area contributed by atoms with Crippen molar-refractivity contribution < 1.29 is 4.74 Å². The first kappa shape index (κ1) is 27.9. The maximum Gasteiger partial charge on any atom is 0.0710 e. The predicted molar refractivity (Wildman–Crippen MR) is 149 cm³/mol. The first-order chi connectivity index (χ1) is 16.1. The summed E-state index contributed by atoms with van der Waals surface area (Å²) < 4.78 is 6.60. The summed E-state index contributed by atoms with van der Waals surface area (Å²) in [5.74, 6) is 1.48. The summed E-state index contributed by atoms with van der Waals surface area (Å²) in [5.41, 5.74) is 1.59. The third-order valence-electron chi connectivity index (χ3n) is 10.8. The van der Waals surface area contributed by atoms with Crippen molar-refractivity contribution >= 4 is 0 Å². The zero-order valence-electron chi connectivity index (χ0n) is 24.9. The first-order valence-corrected chi connectivity index (χ1v) is 15.0. The van der Waals surface area contributed by atoms with Gasteiger partial charge in [0.25, 0.3) is 0 Å². The lowest BCUT2D eigenvalue weighted by atomic mass is 9.73. The largest absolute Gasteiger partial charge is 0.375 e. The van der Waals surface area contributed by atoms with Gasteiger partial charge in [-0.2, -0.15) is 0 Å². The Morgan fingerprint density at radius 3 is 2.11 bits per heavy atom. The molecule has 204 valence electrons. The molecule has 0 aliphatic carbocycles. The van der Waals surface area contributed by atoms with E-state index in [-0.39, 0.29) is 16.7 Å². The Balaban J connectivity index is 1.34. The van der Waals surface area contributed by atoms with Gasteiger partial charge in [-0.1, -0.05) is 27.7 Å². The highest BCUT2D eigenvalue weighted by Gasteiger charge is 2.52. The second-order valence-electron chi connectivity index (χ2n) is 15.9. The van der Waals surface area contributed by atoms with E-state index in [0.29, 0.717) is 16.9 Å². The predicted octanol–water partition coefficient (Wildman–Crippen LogP) is 6.34. The zero-order valence-corrected chi connectivity index (χ0v) is 24.9. The lowest BCUT2D eigenvalue weighted by molar-refractivity contribution is -0.0592. The van der Waals surface area contributed by atoms with Crippen molar-refractivity contribution in [1.29, 1.82) is 0 Å². The molecule has 4 fully saturated rings. The van der Waals surface area contributed by atoms with E-state index in [0.717, 1.165) is 18.4 Å². The number of hydrogen-bond donors (Lipinski definition) is 1. The number of nitrogens with one attached hydrogen (secondary N) is 1. The summed E-state index contributed by atoms with van der Waals surface area (Å²) in [6, 6.07) is 0.692. The minimum Gasteiger partial charge on any atom is -0.375 e. The Kier molecular flexibility index (Phi) is 7.85. The maximum atomic E-state index is 6.60. The molecule has 2 spiro atoms. The van der Waals surface area contributed by atoms with Gasteiger partial charge >= 0.3 is 0 Å². The van der Waals surface area contributed by atoms with Crippen molar-refractivity contribution in [3.05, 3.63) is 0 Å². The topological polar surface area (TPSA) is 27.7 Å². The molecule has 35 heavy (non-hydrogen) atoms. The van der Waals surface area contributed by atoms with E-state index in [4.69, 9.17) is 4.74 Å². The Bertz CT molecular complexity index is 704. The van der Waals surface area contributed by atoms with Crippen LogP contribution in [0.2, 0.25) is 0 Å². The van der Waals surface area contributed by atoms with Crippen molar-refractivity contribution in [3.63, 3.8) is 0 Å². The smallest absolute Gasteiger partial charge is 0.0710 e. The molecule has 0 aromatic rings. The van der Waals surface area contributed by atoms with Crippen LogP contribution in [0.15, 0.2) is 0 Å². The van der Waals surface area contributed by atoms with Crippen molar-refractivity contribution in [2.45, 2.75) is 136 Å². The third-order valence-corrected chi connectivity index (χ3v) is 10.8. The van der Waals surface area contributed by atoms with E-state index in [1.807, 2.05) is 0 Å². The van der Waals surface area contributed by atoms with Crippen LogP contribution in [0.4, 0.5) is 0 Å². The van der Waals surface area contributed by atoms with Crippen LogP contribution >= 0.6 is 0 Å². The zero-order chi connectivity index (χ0) is 25.7. The van der Waals surface area contributed by atoms with Crippen LogP contribution < -0.4 is 5.32 Å². The Hall–Kier alpha value is -0.160. The lowest BCUT2D eigenvalue weighted by Crippen LogP contribution is -2.52. The minimum absolute atomic E-state index is 0.171. The van der Waals surface area contributed by atoms with Gasteiger partial charge in [0.15, 0.2) is 0 Å². The molecule has 1 N–H and O–H groups in total. The molecule has 4 rings (SSSR count). The fourth-order valence-electron chi connectivity index (χ4n) is 7.92. The van der Waals surface area contributed by atoms with Gasteiger partial charge in [0.05, 0.1) is 12.2 Å². The van der Waals surface area contributed by atoms with E-state index in [1.165, 1.54) is 84.1 Å². The average Bonchev–Trinajstić information content (AvgIpc) is 3.35. The average molecular weight is 490 g/mol. The van der Waals surface area contributed by atoms with E-state index in [2.05, 4.69) is 77.4 Å². The molecule has 4 aliphatic rings. The van der Waals surface area contributed by atoms with Crippen molar-refractivity contribution in [2.24, 2.45) is 22.7 Å². The van der Waals surface area contributed by atoms with Gasteiger partial charge in [0.1, 0.15) is 0 Å². The first-order valence-electron chi connectivity index (χ1n) is 15.0. The molecule has 0 amide bonds. The van der Waals surface area contributed by atoms with Crippen LogP contribution in [-0.2, 0) is 4.74 Å². The van der Waals surface area contributed by atoms with Crippen LogP contribution in [0.25, 0.3) is 0 Å². The van der Waals surface area contributed by atoms with Crippen molar-refractivity contribution in [1.82, 2.24) is 15.1 Å². The number of rotatable bonds is 5.